The van der Waals surface area contributed by atoms with Crippen LogP contribution in [-0.4, -0.2) is 35.1 Å². The fraction of sp³-hybridized carbons (Fsp3) is 0.529. The zero-order chi connectivity index (χ0) is 16.3. The third-order valence-corrected chi connectivity index (χ3v) is 4.14. The van der Waals surface area contributed by atoms with Crippen molar-refractivity contribution in [3.05, 3.63) is 34.9 Å². The number of carbonyl (C=O) groups excluding carboxylic acids is 1. The first-order valence-corrected chi connectivity index (χ1v) is 7.73. The molecule has 0 spiro atoms. The maximum Gasteiger partial charge on any atom is 0.317 e. The van der Waals surface area contributed by atoms with E-state index in [1.165, 1.54) is 11.1 Å². The van der Waals surface area contributed by atoms with Gasteiger partial charge in [0, 0.05) is 13.1 Å². The monoisotopic (exact) mass is 304 g/mol. The molecule has 2 unspecified atom stereocenters. The fourth-order valence-electron chi connectivity index (χ4n) is 2.98. The van der Waals surface area contributed by atoms with Crippen molar-refractivity contribution in [3.63, 3.8) is 0 Å². The number of rotatable bonds is 3. The fourth-order valence-corrected chi connectivity index (χ4v) is 2.98. The number of carbonyl (C=O) groups is 2. The molecule has 1 fully saturated rings. The Hall–Kier alpha value is -2.04. The van der Waals surface area contributed by atoms with Crippen molar-refractivity contribution in [1.29, 1.82) is 0 Å². The Labute approximate surface area is 131 Å². The molecule has 2 atom stereocenters. The molecule has 0 aromatic heterocycles. The molecule has 5 heteroatoms. The van der Waals surface area contributed by atoms with Gasteiger partial charge < -0.3 is 15.3 Å². The van der Waals surface area contributed by atoms with E-state index in [-0.39, 0.29) is 12.1 Å². The topological polar surface area (TPSA) is 69.6 Å². The second kappa shape index (κ2) is 6.81. The van der Waals surface area contributed by atoms with Gasteiger partial charge in [0.05, 0.1) is 12.0 Å². The van der Waals surface area contributed by atoms with Crippen LogP contribution in [0.3, 0.4) is 0 Å². The Morgan fingerprint density at radius 1 is 1.27 bits per heavy atom. The van der Waals surface area contributed by atoms with Crippen molar-refractivity contribution >= 4 is 12.0 Å². The first-order valence-electron chi connectivity index (χ1n) is 7.73. The van der Waals surface area contributed by atoms with Gasteiger partial charge in [0.1, 0.15) is 0 Å². The SMILES string of the molecule is Cc1cc(C)cc(C(C)NC(=O)N2CCCC(C(=O)O)C2)c1. The van der Waals surface area contributed by atoms with Crippen LogP contribution in [0.4, 0.5) is 4.79 Å². The molecule has 1 aliphatic rings. The van der Waals surface area contributed by atoms with Crippen molar-refractivity contribution in [3.8, 4) is 0 Å². The number of carboxylic acids is 1. The number of amides is 2. The number of likely N-dealkylation sites (tertiary alicyclic amines) is 1. The van der Waals surface area contributed by atoms with Crippen molar-refractivity contribution in [2.24, 2.45) is 5.92 Å². The number of urea groups is 1. The summed E-state index contributed by atoms with van der Waals surface area (Å²) in [5.74, 6) is -1.27. The number of benzene rings is 1. The van der Waals surface area contributed by atoms with Crippen LogP contribution in [0.25, 0.3) is 0 Å². The summed E-state index contributed by atoms with van der Waals surface area (Å²) in [7, 11) is 0. The Balaban J connectivity index is 2.00. The molecule has 1 aromatic rings. The molecule has 2 amide bonds. The molecule has 120 valence electrons. The van der Waals surface area contributed by atoms with Crippen LogP contribution >= 0.6 is 0 Å². The summed E-state index contributed by atoms with van der Waals surface area (Å²) in [6.45, 7) is 6.93. The van der Waals surface area contributed by atoms with Gasteiger partial charge in [-0.25, -0.2) is 4.79 Å². The summed E-state index contributed by atoms with van der Waals surface area (Å²) in [5, 5.41) is 12.1. The van der Waals surface area contributed by atoms with Gasteiger partial charge in [0.2, 0.25) is 0 Å². The average molecular weight is 304 g/mol. The Morgan fingerprint density at radius 3 is 2.50 bits per heavy atom. The summed E-state index contributed by atoms with van der Waals surface area (Å²) in [6.07, 6.45) is 1.38. The predicted molar refractivity (Wildman–Crippen MR) is 84.8 cm³/mol. The van der Waals surface area contributed by atoms with Gasteiger partial charge in [0.15, 0.2) is 0 Å². The number of piperidine rings is 1. The molecule has 2 rings (SSSR count). The van der Waals surface area contributed by atoms with Crippen LogP contribution in [0.5, 0.6) is 0 Å². The summed E-state index contributed by atoms with van der Waals surface area (Å²) < 4.78 is 0. The quantitative estimate of drug-likeness (QED) is 0.902. The lowest BCUT2D eigenvalue weighted by atomic mass is 9.98. The van der Waals surface area contributed by atoms with Crippen LogP contribution in [-0.2, 0) is 4.79 Å². The van der Waals surface area contributed by atoms with E-state index in [4.69, 9.17) is 5.11 Å². The lowest BCUT2D eigenvalue weighted by molar-refractivity contribution is -0.143. The van der Waals surface area contributed by atoms with E-state index in [2.05, 4.69) is 23.5 Å². The van der Waals surface area contributed by atoms with Crippen LogP contribution in [0.1, 0.15) is 42.5 Å². The number of aliphatic carboxylic acids is 1. The standard InChI is InChI=1S/C17H24N2O3/c1-11-7-12(2)9-15(8-11)13(3)18-17(22)19-6-4-5-14(10-19)16(20)21/h7-9,13-14H,4-6,10H2,1-3H3,(H,18,22)(H,20,21). The normalized spacial score (nSPS) is 19.6. The second-order valence-corrected chi connectivity index (χ2v) is 6.22. The van der Waals surface area contributed by atoms with E-state index in [0.717, 1.165) is 12.0 Å². The van der Waals surface area contributed by atoms with Crippen molar-refractivity contribution in [2.75, 3.05) is 13.1 Å². The van der Waals surface area contributed by atoms with Crippen molar-refractivity contribution in [2.45, 2.75) is 39.7 Å². The van der Waals surface area contributed by atoms with Crippen LogP contribution < -0.4 is 5.32 Å². The van der Waals surface area contributed by atoms with Crippen LogP contribution in [0.2, 0.25) is 0 Å². The van der Waals surface area contributed by atoms with Gasteiger partial charge in [-0.15, -0.1) is 0 Å². The first kappa shape index (κ1) is 16.3. The third-order valence-electron chi connectivity index (χ3n) is 4.14. The third kappa shape index (κ3) is 4.00. The molecule has 1 aromatic carbocycles. The van der Waals surface area contributed by atoms with E-state index in [1.54, 1.807) is 4.90 Å². The largest absolute Gasteiger partial charge is 0.481 e. The molecule has 1 heterocycles. The Kier molecular flexibility index (Phi) is 5.06. The zero-order valence-electron chi connectivity index (χ0n) is 13.4. The van der Waals surface area contributed by atoms with Gasteiger partial charge in [-0.1, -0.05) is 29.3 Å². The molecule has 0 radical (unpaired) electrons. The molecule has 1 saturated heterocycles. The van der Waals surface area contributed by atoms with Crippen molar-refractivity contribution < 1.29 is 14.7 Å². The smallest absolute Gasteiger partial charge is 0.317 e. The number of nitrogens with one attached hydrogen (secondary N) is 1. The Morgan fingerprint density at radius 2 is 1.91 bits per heavy atom. The lowest BCUT2D eigenvalue weighted by Crippen LogP contribution is -2.47. The summed E-state index contributed by atoms with van der Waals surface area (Å²) in [4.78, 5) is 25.0. The molecule has 0 aliphatic carbocycles. The molecular weight excluding hydrogens is 280 g/mol. The molecule has 0 bridgehead atoms. The van der Waals surface area contributed by atoms with E-state index in [9.17, 15) is 9.59 Å². The number of hydrogen-bond donors (Lipinski definition) is 2. The highest BCUT2D eigenvalue weighted by Gasteiger charge is 2.28. The molecule has 5 nitrogen and oxygen atoms in total. The minimum absolute atomic E-state index is 0.101. The van der Waals surface area contributed by atoms with E-state index >= 15 is 0 Å². The highest BCUT2D eigenvalue weighted by Crippen LogP contribution is 2.19. The summed E-state index contributed by atoms with van der Waals surface area (Å²) >= 11 is 0. The van der Waals surface area contributed by atoms with Gasteiger partial charge in [-0.3, -0.25) is 4.79 Å². The predicted octanol–water partition coefficient (Wildman–Crippen LogP) is 2.87. The molecule has 22 heavy (non-hydrogen) atoms. The van der Waals surface area contributed by atoms with Gasteiger partial charge >= 0.3 is 12.0 Å². The van der Waals surface area contributed by atoms with Gasteiger partial charge in [0.25, 0.3) is 0 Å². The highest BCUT2D eigenvalue weighted by molar-refractivity contribution is 5.77. The second-order valence-electron chi connectivity index (χ2n) is 6.22. The lowest BCUT2D eigenvalue weighted by Gasteiger charge is -2.31. The maximum absolute atomic E-state index is 12.3. The zero-order valence-corrected chi connectivity index (χ0v) is 13.4. The molecule has 1 aliphatic heterocycles. The van der Waals surface area contributed by atoms with Crippen molar-refractivity contribution in [1.82, 2.24) is 10.2 Å². The van der Waals surface area contributed by atoms with E-state index in [1.807, 2.05) is 20.8 Å². The minimum Gasteiger partial charge on any atom is -0.481 e. The Bertz CT molecular complexity index is 551. The van der Waals surface area contributed by atoms with E-state index in [0.29, 0.717) is 19.5 Å². The number of aryl methyl sites for hydroxylation is 2. The summed E-state index contributed by atoms with van der Waals surface area (Å²) in [6, 6.07) is 5.94. The van der Waals surface area contributed by atoms with Crippen LogP contribution in [0.15, 0.2) is 18.2 Å². The first-order chi connectivity index (χ1) is 10.4. The molecular formula is C17H24N2O3. The summed E-state index contributed by atoms with van der Waals surface area (Å²) in [5.41, 5.74) is 3.40. The van der Waals surface area contributed by atoms with Gasteiger partial charge in [-0.05, 0) is 39.2 Å². The van der Waals surface area contributed by atoms with Gasteiger partial charge in [-0.2, -0.15) is 0 Å². The number of carboxylic acid groups (broad SMARTS) is 1. The average Bonchev–Trinajstić information content (AvgIpc) is 2.46. The number of nitrogens with zero attached hydrogens (tertiary/aromatic N) is 1. The maximum atomic E-state index is 12.3. The van der Waals surface area contributed by atoms with Crippen LogP contribution in [0, 0.1) is 19.8 Å². The van der Waals surface area contributed by atoms with E-state index < -0.39 is 11.9 Å². The minimum atomic E-state index is -0.820. The molecule has 2 N–H and O–H groups in total. The number of hydrogen-bond acceptors (Lipinski definition) is 2. The highest BCUT2D eigenvalue weighted by atomic mass is 16.4. The molecule has 0 saturated carbocycles.